The van der Waals surface area contributed by atoms with Gasteiger partial charge in [0.1, 0.15) is 16.9 Å². The van der Waals surface area contributed by atoms with Crippen LogP contribution in [0.15, 0.2) is 40.9 Å². The Hall–Kier alpha value is -3.94. The second-order valence-corrected chi connectivity index (χ2v) is 17.4. The minimum atomic E-state index is -2.10. The van der Waals surface area contributed by atoms with Crippen LogP contribution in [-0.2, 0) is 14.3 Å². The monoisotopic (exact) mass is 763 g/mol. The summed E-state index contributed by atoms with van der Waals surface area (Å²) in [6.45, 7) is 8.54. The van der Waals surface area contributed by atoms with Crippen molar-refractivity contribution in [2.24, 2.45) is 28.6 Å². The molecule has 0 spiro atoms. The molecule has 8 rings (SSSR count). The van der Waals surface area contributed by atoms with Crippen LogP contribution in [0.25, 0.3) is 10.9 Å². The number of rotatable bonds is 8. The molecule has 1 aromatic heterocycles. The molecule has 6 aliphatic rings. The molecular weight excluding hydrogens is 712 g/mol. The van der Waals surface area contributed by atoms with Gasteiger partial charge in [-0.15, -0.1) is 0 Å². The van der Waals surface area contributed by atoms with E-state index in [0.717, 1.165) is 18.9 Å². The van der Waals surface area contributed by atoms with Crippen LogP contribution < -0.4 is 20.4 Å². The van der Waals surface area contributed by atoms with E-state index in [1.54, 1.807) is 31.4 Å². The first kappa shape index (κ1) is 38.0. The van der Waals surface area contributed by atoms with Crippen LogP contribution in [0, 0.1) is 34.4 Å². The van der Waals surface area contributed by atoms with Crippen molar-refractivity contribution >= 4 is 34.1 Å². The highest BCUT2D eigenvalue weighted by atomic mass is 19.1. The van der Waals surface area contributed by atoms with Crippen molar-refractivity contribution < 1.29 is 42.9 Å². The molecule has 5 aliphatic carbocycles. The molecule has 9 atom stereocenters. The number of aromatic nitrogens is 1. The van der Waals surface area contributed by atoms with Crippen molar-refractivity contribution in [2.75, 3.05) is 38.3 Å². The summed E-state index contributed by atoms with van der Waals surface area (Å²) in [5.74, 6) is -3.88. The smallest absolute Gasteiger partial charge is 0.343 e. The number of carbonyl (C=O) groups is 3. The van der Waals surface area contributed by atoms with Crippen molar-refractivity contribution in [3.63, 3.8) is 0 Å². The molecule has 296 valence electrons. The van der Waals surface area contributed by atoms with E-state index in [1.165, 1.54) is 25.5 Å². The van der Waals surface area contributed by atoms with Gasteiger partial charge >= 0.3 is 5.97 Å². The zero-order valence-electron chi connectivity index (χ0n) is 32.1. The number of allylic oxidation sites excluding steroid dienone is 4. The van der Waals surface area contributed by atoms with Crippen LogP contribution in [0.2, 0.25) is 0 Å². The van der Waals surface area contributed by atoms with Gasteiger partial charge in [-0.3, -0.25) is 14.4 Å². The third-order valence-corrected chi connectivity index (χ3v) is 14.5. The molecule has 2 heterocycles. The molecular formula is C42H51F2N3O8. The highest BCUT2D eigenvalue weighted by Gasteiger charge is 2.75. The molecule has 0 radical (unpaired) electrons. The van der Waals surface area contributed by atoms with E-state index < -0.39 is 75.6 Å². The summed E-state index contributed by atoms with van der Waals surface area (Å²) in [6, 6.07) is 1.24. The number of alkyl halides is 1. The lowest BCUT2D eigenvalue weighted by molar-refractivity contribution is -0.219. The lowest BCUT2D eigenvalue weighted by Gasteiger charge is -2.62. The number of aliphatic hydroxyl groups is 2. The van der Waals surface area contributed by atoms with Crippen molar-refractivity contribution in [2.45, 2.75) is 102 Å². The number of esters is 1. The Bertz CT molecular complexity index is 2110. The second kappa shape index (κ2) is 13.1. The van der Waals surface area contributed by atoms with Gasteiger partial charge in [0.15, 0.2) is 28.8 Å². The molecule has 11 nitrogen and oxygen atoms in total. The first-order chi connectivity index (χ1) is 26.0. The Morgan fingerprint density at radius 2 is 1.87 bits per heavy atom. The topological polar surface area (TPSA) is 147 Å². The van der Waals surface area contributed by atoms with Gasteiger partial charge < -0.3 is 34.5 Å². The highest BCUT2D eigenvalue weighted by Crippen LogP contribution is 2.70. The molecule has 2 aromatic rings. The van der Waals surface area contributed by atoms with Gasteiger partial charge in [-0.2, -0.15) is 0 Å². The summed E-state index contributed by atoms with van der Waals surface area (Å²) in [7, 11) is 1.44. The molecule has 4 saturated carbocycles. The average Bonchev–Trinajstić information content (AvgIpc) is 3.96. The van der Waals surface area contributed by atoms with E-state index in [0.29, 0.717) is 50.0 Å². The molecule has 1 saturated heterocycles. The summed E-state index contributed by atoms with van der Waals surface area (Å²) < 4.78 is 46.6. The van der Waals surface area contributed by atoms with Gasteiger partial charge in [0.05, 0.1) is 30.7 Å². The molecule has 55 heavy (non-hydrogen) atoms. The lowest BCUT2D eigenvalue weighted by Crippen LogP contribution is -2.69. The summed E-state index contributed by atoms with van der Waals surface area (Å²) in [5, 5.41) is 27.3. The number of Topliss-reactive ketones (excluding diaryl/α,β-unsaturated/α-hetero) is 1. The van der Waals surface area contributed by atoms with Crippen LogP contribution >= 0.6 is 0 Å². The largest absolute Gasteiger partial charge is 0.492 e. The predicted molar refractivity (Wildman–Crippen MR) is 200 cm³/mol. The first-order valence-corrected chi connectivity index (χ1v) is 19.7. The van der Waals surface area contributed by atoms with Crippen molar-refractivity contribution in [1.82, 2.24) is 9.88 Å². The van der Waals surface area contributed by atoms with E-state index >= 15 is 8.78 Å². The molecule has 5 fully saturated rings. The van der Waals surface area contributed by atoms with E-state index in [4.69, 9.17) is 9.47 Å². The summed E-state index contributed by atoms with van der Waals surface area (Å²) in [5.41, 5.74) is -6.13. The van der Waals surface area contributed by atoms with Gasteiger partial charge in [0.2, 0.25) is 5.43 Å². The zero-order chi connectivity index (χ0) is 39.4. The number of carbonyl (C=O) groups excluding carboxylic acids is 3. The van der Waals surface area contributed by atoms with Gasteiger partial charge in [-0.1, -0.05) is 25.5 Å². The maximum atomic E-state index is 17.6. The van der Waals surface area contributed by atoms with Crippen LogP contribution in [0.5, 0.6) is 5.75 Å². The number of ether oxygens (including phenoxy) is 2. The minimum absolute atomic E-state index is 0.0129. The molecule has 13 heteroatoms. The number of ketones is 2. The number of halogens is 2. The summed E-state index contributed by atoms with van der Waals surface area (Å²) in [6.07, 6.45) is 6.54. The molecule has 0 bridgehead atoms. The molecule has 1 aliphatic heterocycles. The number of methoxy groups -OCH3 is 1. The van der Waals surface area contributed by atoms with Gasteiger partial charge in [-0.05, 0) is 82.4 Å². The Labute approximate surface area is 318 Å². The Balaban J connectivity index is 1.03. The number of benzene rings is 1. The van der Waals surface area contributed by atoms with Crippen LogP contribution in [0.1, 0.15) is 89.0 Å². The van der Waals surface area contributed by atoms with Crippen LogP contribution in [-0.4, -0.2) is 89.1 Å². The Morgan fingerprint density at radius 1 is 1.13 bits per heavy atom. The standard InChI is InChI=1S/C42H51F2N3O8/c1-22-16-30-29-9-6-24-17-26(48)10-12-39(24,3)41(29,44)33(50)19-40(30,4)42(22,53)32(49)11-15-55-38(52)28-21-47(25-7-8-25)34-27(36(28)51)18-31(43)35(37(34)54-5)46-14-13-45-23(2)20-46/h10,12,17-18,21-23,25,29-30,33,45,50,53H,6-9,11,13-16,19-20H2,1-5H3/t22-,23?,29-,30-,33-,39-,40-,41-,42-/m1/s1. The van der Waals surface area contributed by atoms with Gasteiger partial charge in [-0.25, -0.2) is 13.6 Å². The third kappa shape index (κ3) is 5.35. The minimum Gasteiger partial charge on any atom is -0.492 e. The van der Waals surface area contributed by atoms with Crippen LogP contribution in [0.3, 0.4) is 0 Å². The second-order valence-electron chi connectivity index (χ2n) is 17.4. The lowest BCUT2D eigenvalue weighted by atomic mass is 9.44. The van der Waals surface area contributed by atoms with Crippen LogP contribution in [0.4, 0.5) is 14.5 Å². The maximum Gasteiger partial charge on any atom is 0.343 e. The molecule has 3 N–H and O–H groups in total. The van der Waals surface area contributed by atoms with Gasteiger partial charge in [0.25, 0.3) is 0 Å². The van der Waals surface area contributed by atoms with E-state index in [-0.39, 0.29) is 53.1 Å². The number of nitrogens with zero attached hydrogens (tertiary/aromatic N) is 2. The Morgan fingerprint density at radius 3 is 2.56 bits per heavy atom. The number of piperazine rings is 1. The van der Waals surface area contributed by atoms with E-state index in [2.05, 4.69) is 5.32 Å². The number of hydrogen-bond donors (Lipinski definition) is 3. The molecule has 0 amide bonds. The fraction of sp³-hybridized carbons (Fsp3) is 0.619. The summed E-state index contributed by atoms with van der Waals surface area (Å²) >= 11 is 0. The van der Waals surface area contributed by atoms with E-state index in [1.807, 2.05) is 11.8 Å². The fourth-order valence-corrected chi connectivity index (χ4v) is 11.5. The quantitative estimate of drug-likeness (QED) is 0.322. The zero-order valence-corrected chi connectivity index (χ0v) is 32.1. The number of aliphatic hydroxyl groups excluding tert-OH is 1. The number of hydrogen-bond acceptors (Lipinski definition) is 10. The maximum absolute atomic E-state index is 17.6. The third-order valence-electron chi connectivity index (χ3n) is 14.5. The van der Waals surface area contributed by atoms with E-state index in [9.17, 15) is 29.4 Å². The SMILES string of the molecule is COc1c(N2CCNC(C)C2)c(F)cc2c(=O)c(C(=O)OCCC(=O)[C@]3(O)[C@H](C)C[C@@H]4[C@H]5CCC6=CC(=O)C=C[C@@]6(C)[C@]5(F)[C@H](O)C[C@]43C)cn(C3CC3)c12. The first-order valence-electron chi connectivity index (χ1n) is 19.7. The van der Waals surface area contributed by atoms with Crippen molar-refractivity contribution in [3.05, 3.63) is 57.7 Å². The molecule has 1 aromatic carbocycles. The van der Waals surface area contributed by atoms with Crippen molar-refractivity contribution in [3.8, 4) is 5.75 Å². The normalized spacial score (nSPS) is 36.9. The molecule has 1 unspecified atom stereocenters. The predicted octanol–water partition coefficient (Wildman–Crippen LogP) is 4.75. The fourth-order valence-electron chi connectivity index (χ4n) is 11.5. The van der Waals surface area contributed by atoms with Gasteiger partial charge in [0, 0.05) is 61.1 Å². The highest BCUT2D eigenvalue weighted by molar-refractivity contribution is 6.01. The number of anilines is 1. The Kier molecular flexibility index (Phi) is 9.01. The van der Waals surface area contributed by atoms with Crippen molar-refractivity contribution in [1.29, 1.82) is 0 Å². The number of pyridine rings is 1. The number of nitrogens with one attached hydrogen (secondary N) is 1. The number of fused-ring (bicyclic) bond motifs is 6. The summed E-state index contributed by atoms with van der Waals surface area (Å²) in [4.78, 5) is 55.7. The average molecular weight is 764 g/mol.